The van der Waals surface area contributed by atoms with Gasteiger partial charge in [-0.15, -0.1) is 0 Å². The Hall–Kier alpha value is -2.86. The molecular weight excluding hydrogens is 368 g/mol. The third-order valence-corrected chi connectivity index (χ3v) is 5.43. The number of nitrogens with zero attached hydrogens (tertiary/aromatic N) is 4. The predicted molar refractivity (Wildman–Crippen MR) is 112 cm³/mol. The smallest absolute Gasteiger partial charge is 0.237 e. The van der Waals surface area contributed by atoms with E-state index in [4.69, 9.17) is 9.51 Å². The van der Waals surface area contributed by atoms with E-state index in [1.165, 1.54) is 5.56 Å². The zero-order valence-corrected chi connectivity index (χ0v) is 17.0. The van der Waals surface area contributed by atoms with Crippen LogP contribution < -0.4 is 0 Å². The molecule has 0 saturated heterocycles. The molecule has 0 atom stereocenters. The lowest BCUT2D eigenvalue weighted by molar-refractivity contribution is 0.387. The van der Waals surface area contributed by atoms with Gasteiger partial charge in [-0.25, -0.2) is 4.98 Å². The monoisotopic (exact) mass is 390 g/mol. The molecule has 5 nitrogen and oxygen atoms in total. The molecule has 0 aliphatic rings. The van der Waals surface area contributed by atoms with E-state index >= 15 is 0 Å². The molecule has 4 rings (SSSR count). The van der Waals surface area contributed by atoms with Crippen molar-refractivity contribution in [2.24, 2.45) is 0 Å². The van der Waals surface area contributed by atoms with Crippen molar-refractivity contribution in [3.05, 3.63) is 78.1 Å². The number of rotatable bonds is 6. The fourth-order valence-corrected chi connectivity index (χ4v) is 4.01. The molecule has 2 aromatic heterocycles. The molecule has 0 aliphatic heterocycles. The van der Waals surface area contributed by atoms with Crippen LogP contribution in [0.25, 0.3) is 16.9 Å². The lowest BCUT2D eigenvalue weighted by atomic mass is 10.0. The van der Waals surface area contributed by atoms with Gasteiger partial charge in [0, 0.05) is 5.56 Å². The topological polar surface area (TPSA) is 56.7 Å². The van der Waals surface area contributed by atoms with Crippen molar-refractivity contribution in [1.82, 2.24) is 19.7 Å². The van der Waals surface area contributed by atoms with E-state index in [0.717, 1.165) is 22.1 Å². The van der Waals surface area contributed by atoms with E-state index < -0.39 is 0 Å². The Balaban J connectivity index is 1.80. The van der Waals surface area contributed by atoms with Crippen LogP contribution in [0.5, 0.6) is 0 Å². The molecule has 142 valence electrons. The fraction of sp³-hybridized carbons (Fsp3) is 0.227. The van der Waals surface area contributed by atoms with E-state index in [9.17, 15) is 0 Å². The van der Waals surface area contributed by atoms with Crippen molar-refractivity contribution in [2.45, 2.75) is 37.6 Å². The number of benzene rings is 2. The van der Waals surface area contributed by atoms with Gasteiger partial charge in [-0.3, -0.25) is 4.57 Å². The number of thioether (sulfide) groups is 1. The maximum atomic E-state index is 5.27. The zero-order chi connectivity index (χ0) is 19.5. The summed E-state index contributed by atoms with van der Waals surface area (Å²) in [6, 6.07) is 18.9. The van der Waals surface area contributed by atoms with Crippen molar-refractivity contribution >= 4 is 11.8 Å². The largest absolute Gasteiger partial charge is 0.338 e. The van der Waals surface area contributed by atoms with Gasteiger partial charge in [0.15, 0.2) is 11.0 Å². The molecule has 0 spiro atoms. The number of imidazole rings is 1. The number of aryl methyl sites for hydroxylation is 1. The van der Waals surface area contributed by atoms with E-state index in [2.05, 4.69) is 77.1 Å². The van der Waals surface area contributed by atoms with Gasteiger partial charge < -0.3 is 4.52 Å². The van der Waals surface area contributed by atoms with Gasteiger partial charge in [-0.05, 0) is 24.5 Å². The molecule has 2 heterocycles. The van der Waals surface area contributed by atoms with Crippen LogP contribution in [-0.4, -0.2) is 19.7 Å². The molecule has 0 amide bonds. The van der Waals surface area contributed by atoms with Gasteiger partial charge in [-0.2, -0.15) is 4.98 Å². The molecule has 0 N–H and O–H groups in total. The molecule has 0 radical (unpaired) electrons. The van der Waals surface area contributed by atoms with Gasteiger partial charge in [0.25, 0.3) is 0 Å². The Morgan fingerprint density at radius 3 is 2.50 bits per heavy atom. The highest BCUT2D eigenvalue weighted by Gasteiger charge is 2.18. The fourth-order valence-electron chi connectivity index (χ4n) is 3.19. The number of hydrogen-bond acceptors (Lipinski definition) is 5. The van der Waals surface area contributed by atoms with Crippen molar-refractivity contribution in [3.8, 4) is 16.9 Å². The van der Waals surface area contributed by atoms with Crippen LogP contribution in [0.4, 0.5) is 0 Å². The highest BCUT2D eigenvalue weighted by molar-refractivity contribution is 7.98. The first-order chi connectivity index (χ1) is 13.6. The Morgan fingerprint density at radius 1 is 1.04 bits per heavy atom. The lowest BCUT2D eigenvalue weighted by Crippen LogP contribution is -2.04. The maximum absolute atomic E-state index is 5.27. The lowest BCUT2D eigenvalue weighted by Gasteiger charge is -2.18. The number of para-hydroxylation sites is 1. The summed E-state index contributed by atoms with van der Waals surface area (Å²) in [7, 11) is 0. The third kappa shape index (κ3) is 3.73. The molecule has 28 heavy (non-hydrogen) atoms. The van der Waals surface area contributed by atoms with Crippen LogP contribution in [0.2, 0.25) is 0 Å². The van der Waals surface area contributed by atoms with Crippen LogP contribution in [0.15, 0.2) is 70.5 Å². The van der Waals surface area contributed by atoms with E-state index in [1.807, 2.05) is 19.2 Å². The first-order valence-corrected chi connectivity index (χ1v) is 10.3. The first kappa shape index (κ1) is 18.5. The average Bonchev–Trinajstić information content (AvgIpc) is 3.33. The summed E-state index contributed by atoms with van der Waals surface area (Å²) in [5.41, 5.74) is 4.64. The van der Waals surface area contributed by atoms with Crippen molar-refractivity contribution in [1.29, 1.82) is 0 Å². The van der Waals surface area contributed by atoms with Crippen LogP contribution in [-0.2, 0) is 5.75 Å². The normalized spacial score (nSPS) is 11.3. The van der Waals surface area contributed by atoms with Crippen molar-refractivity contribution in [2.75, 3.05) is 0 Å². The molecule has 2 aromatic carbocycles. The summed E-state index contributed by atoms with van der Waals surface area (Å²) in [5, 5.41) is 4.78. The Morgan fingerprint density at radius 2 is 1.79 bits per heavy atom. The van der Waals surface area contributed by atoms with Crippen LogP contribution in [0.1, 0.15) is 37.0 Å². The standard InChI is InChI=1S/C22H22N4OS/c1-15(2)18-11-7-8-12-19(18)26-20(17-9-5-4-6-10-17)13-23-22(26)28-14-21-24-16(3)25-27-21/h4-13,15H,14H2,1-3H3. The highest BCUT2D eigenvalue weighted by atomic mass is 32.2. The van der Waals surface area contributed by atoms with Gasteiger partial charge in [-0.1, -0.05) is 79.3 Å². The molecule has 0 saturated carbocycles. The number of aromatic nitrogens is 4. The third-order valence-electron chi connectivity index (χ3n) is 4.49. The van der Waals surface area contributed by atoms with Gasteiger partial charge in [0.1, 0.15) is 0 Å². The van der Waals surface area contributed by atoms with E-state index in [-0.39, 0.29) is 0 Å². The van der Waals surface area contributed by atoms with Crippen LogP contribution in [0, 0.1) is 6.92 Å². The van der Waals surface area contributed by atoms with E-state index in [0.29, 0.717) is 23.4 Å². The summed E-state index contributed by atoms with van der Waals surface area (Å²) < 4.78 is 7.50. The SMILES string of the molecule is Cc1noc(CSc2ncc(-c3ccccc3)n2-c2ccccc2C(C)C)n1. The summed E-state index contributed by atoms with van der Waals surface area (Å²) in [6.45, 7) is 6.25. The molecule has 0 unspecified atom stereocenters. The zero-order valence-electron chi connectivity index (χ0n) is 16.2. The quantitative estimate of drug-likeness (QED) is 0.398. The molecule has 6 heteroatoms. The Bertz CT molecular complexity index is 1070. The molecular formula is C22H22N4OS. The molecule has 0 fully saturated rings. The van der Waals surface area contributed by atoms with Gasteiger partial charge in [0.2, 0.25) is 5.89 Å². The first-order valence-electron chi connectivity index (χ1n) is 9.28. The van der Waals surface area contributed by atoms with Crippen molar-refractivity contribution in [3.63, 3.8) is 0 Å². The second-order valence-electron chi connectivity index (χ2n) is 6.86. The van der Waals surface area contributed by atoms with Crippen molar-refractivity contribution < 1.29 is 4.52 Å². The second-order valence-corrected chi connectivity index (χ2v) is 7.81. The minimum Gasteiger partial charge on any atom is -0.338 e. The minimum absolute atomic E-state index is 0.402. The van der Waals surface area contributed by atoms with Gasteiger partial charge >= 0.3 is 0 Å². The maximum Gasteiger partial charge on any atom is 0.237 e. The number of hydrogen-bond donors (Lipinski definition) is 0. The summed E-state index contributed by atoms with van der Waals surface area (Å²) in [4.78, 5) is 9.03. The summed E-state index contributed by atoms with van der Waals surface area (Å²) >= 11 is 1.60. The summed E-state index contributed by atoms with van der Waals surface area (Å²) in [5.74, 6) is 2.24. The molecule has 0 bridgehead atoms. The molecule has 0 aliphatic carbocycles. The highest BCUT2D eigenvalue weighted by Crippen LogP contribution is 2.34. The van der Waals surface area contributed by atoms with E-state index in [1.54, 1.807) is 11.8 Å². The Kier molecular flexibility index (Phi) is 5.30. The predicted octanol–water partition coefficient (Wildman–Crippen LogP) is 5.65. The Labute approximate surface area is 168 Å². The summed E-state index contributed by atoms with van der Waals surface area (Å²) in [6.07, 6.45) is 1.94. The minimum atomic E-state index is 0.402. The van der Waals surface area contributed by atoms with Crippen LogP contribution in [0.3, 0.4) is 0 Å². The van der Waals surface area contributed by atoms with Crippen LogP contribution >= 0.6 is 11.8 Å². The average molecular weight is 391 g/mol. The van der Waals surface area contributed by atoms with Gasteiger partial charge in [0.05, 0.1) is 23.3 Å². The second kappa shape index (κ2) is 8.02. The molecule has 4 aromatic rings.